The van der Waals surface area contributed by atoms with Crippen molar-refractivity contribution in [2.75, 3.05) is 5.43 Å². The molecule has 0 spiro atoms. The fourth-order valence-corrected chi connectivity index (χ4v) is 1.36. The van der Waals surface area contributed by atoms with E-state index in [2.05, 4.69) is 5.43 Å². The first-order valence-corrected chi connectivity index (χ1v) is 4.63. The summed E-state index contributed by atoms with van der Waals surface area (Å²) in [5.41, 5.74) is 3.17. The van der Waals surface area contributed by atoms with Crippen molar-refractivity contribution in [1.82, 2.24) is 5.01 Å². The number of rotatable bonds is 2. The molecule has 5 heteroatoms. The summed E-state index contributed by atoms with van der Waals surface area (Å²) in [6, 6.07) is 6.87. The molecule has 0 saturated carbocycles. The van der Waals surface area contributed by atoms with E-state index in [1.165, 1.54) is 12.2 Å². The number of nitrogens with zero attached hydrogens (tertiary/aromatic N) is 1. The summed E-state index contributed by atoms with van der Waals surface area (Å²) in [6.45, 7) is 0. The molecule has 0 aromatic heterocycles. The van der Waals surface area contributed by atoms with Crippen molar-refractivity contribution >= 4 is 29.1 Å². The Labute approximate surface area is 91.1 Å². The van der Waals surface area contributed by atoms with Crippen molar-refractivity contribution in [3.63, 3.8) is 0 Å². The minimum absolute atomic E-state index is 0.403. The summed E-state index contributed by atoms with van der Waals surface area (Å²) in [7, 11) is 0. The van der Waals surface area contributed by atoms with E-state index < -0.39 is 11.8 Å². The van der Waals surface area contributed by atoms with Crippen LogP contribution in [0.3, 0.4) is 0 Å². The Morgan fingerprint density at radius 3 is 2.27 bits per heavy atom. The van der Waals surface area contributed by atoms with Gasteiger partial charge in [-0.2, -0.15) is 5.01 Å². The highest BCUT2D eigenvalue weighted by Gasteiger charge is 2.23. The molecule has 76 valence electrons. The quantitative estimate of drug-likeness (QED) is 0.774. The molecule has 1 heterocycles. The van der Waals surface area contributed by atoms with Crippen LogP contribution in [-0.2, 0) is 9.59 Å². The number of halogens is 1. The van der Waals surface area contributed by atoms with E-state index >= 15 is 0 Å². The standard InChI is InChI=1S/C10H7ClN2O2/c11-7-3-1-2-4-8(7)12-13-9(14)5-6-10(13)15/h1-6,12H. The maximum atomic E-state index is 11.2. The Hall–Kier alpha value is -1.81. The van der Waals surface area contributed by atoms with Crippen LogP contribution in [0.5, 0.6) is 0 Å². The zero-order valence-electron chi connectivity index (χ0n) is 7.61. The molecule has 0 unspecified atom stereocenters. The molecule has 0 aliphatic carbocycles. The monoisotopic (exact) mass is 222 g/mol. The van der Waals surface area contributed by atoms with E-state index in [1.807, 2.05) is 0 Å². The SMILES string of the molecule is O=C1C=CC(=O)N1Nc1ccccc1Cl. The Kier molecular flexibility index (Phi) is 2.43. The van der Waals surface area contributed by atoms with Gasteiger partial charge < -0.3 is 0 Å². The Balaban J connectivity index is 2.20. The number of nitrogens with one attached hydrogen (secondary N) is 1. The second-order valence-corrected chi connectivity index (χ2v) is 3.34. The predicted octanol–water partition coefficient (Wildman–Crippen LogP) is 1.59. The summed E-state index contributed by atoms with van der Waals surface area (Å²) < 4.78 is 0. The van der Waals surface area contributed by atoms with Gasteiger partial charge in [0, 0.05) is 12.2 Å². The first-order chi connectivity index (χ1) is 7.18. The molecule has 2 rings (SSSR count). The molecule has 1 aliphatic heterocycles. The third-order valence-corrected chi connectivity index (χ3v) is 2.24. The van der Waals surface area contributed by atoms with Gasteiger partial charge >= 0.3 is 0 Å². The van der Waals surface area contributed by atoms with E-state index in [1.54, 1.807) is 24.3 Å². The predicted molar refractivity (Wildman–Crippen MR) is 56.1 cm³/mol. The van der Waals surface area contributed by atoms with E-state index in [0.717, 1.165) is 5.01 Å². The van der Waals surface area contributed by atoms with Crippen LogP contribution < -0.4 is 5.43 Å². The smallest absolute Gasteiger partial charge is 0.272 e. The van der Waals surface area contributed by atoms with Gasteiger partial charge in [0.2, 0.25) is 0 Å². The third kappa shape index (κ3) is 1.85. The Morgan fingerprint density at radius 2 is 1.67 bits per heavy atom. The largest absolute Gasteiger partial charge is 0.287 e. The summed E-state index contributed by atoms with van der Waals surface area (Å²) in [6.07, 6.45) is 2.40. The summed E-state index contributed by atoms with van der Waals surface area (Å²) in [4.78, 5) is 22.4. The van der Waals surface area contributed by atoms with Gasteiger partial charge in [-0.15, -0.1) is 0 Å². The first kappa shape index (κ1) is 9.73. The fourth-order valence-electron chi connectivity index (χ4n) is 1.18. The topological polar surface area (TPSA) is 49.4 Å². The van der Waals surface area contributed by atoms with Crippen LogP contribution in [0.15, 0.2) is 36.4 Å². The number of amides is 2. The van der Waals surface area contributed by atoms with Crippen molar-refractivity contribution in [2.45, 2.75) is 0 Å². The summed E-state index contributed by atoms with van der Waals surface area (Å²) >= 11 is 5.87. The zero-order valence-corrected chi connectivity index (χ0v) is 8.36. The second kappa shape index (κ2) is 3.74. The van der Waals surface area contributed by atoms with Crippen molar-refractivity contribution in [2.24, 2.45) is 0 Å². The molecule has 0 bridgehead atoms. The number of anilines is 1. The molecule has 1 aromatic rings. The van der Waals surface area contributed by atoms with Crippen LogP contribution in [-0.4, -0.2) is 16.8 Å². The average molecular weight is 223 g/mol. The summed E-state index contributed by atoms with van der Waals surface area (Å²) in [5.74, 6) is -0.806. The molecule has 1 aliphatic rings. The van der Waals surface area contributed by atoms with Gasteiger partial charge in [-0.25, -0.2) is 0 Å². The average Bonchev–Trinajstić information content (AvgIpc) is 2.53. The molecule has 4 nitrogen and oxygen atoms in total. The number of benzene rings is 1. The minimum Gasteiger partial charge on any atom is -0.287 e. The number of hydrogen-bond acceptors (Lipinski definition) is 3. The number of hydrogen-bond donors (Lipinski definition) is 1. The van der Waals surface area contributed by atoms with E-state index in [-0.39, 0.29) is 0 Å². The van der Waals surface area contributed by atoms with Gasteiger partial charge in [-0.1, -0.05) is 23.7 Å². The van der Waals surface area contributed by atoms with E-state index in [9.17, 15) is 9.59 Å². The normalized spacial score (nSPS) is 14.9. The number of para-hydroxylation sites is 1. The Bertz CT molecular complexity index is 438. The highest BCUT2D eigenvalue weighted by Crippen LogP contribution is 2.21. The lowest BCUT2D eigenvalue weighted by Crippen LogP contribution is -2.35. The number of carbonyl (C=O) groups excluding carboxylic acids is 2. The van der Waals surface area contributed by atoms with Crippen molar-refractivity contribution < 1.29 is 9.59 Å². The molecule has 0 radical (unpaired) electrons. The van der Waals surface area contributed by atoms with Crippen LogP contribution in [0, 0.1) is 0 Å². The maximum absolute atomic E-state index is 11.2. The zero-order chi connectivity index (χ0) is 10.8. The number of carbonyl (C=O) groups is 2. The van der Waals surface area contributed by atoms with Crippen LogP contribution in [0.2, 0.25) is 5.02 Å². The molecule has 15 heavy (non-hydrogen) atoms. The van der Waals surface area contributed by atoms with Gasteiger partial charge in [-0.05, 0) is 12.1 Å². The van der Waals surface area contributed by atoms with Gasteiger partial charge in [0.15, 0.2) is 0 Å². The molecule has 1 N–H and O–H groups in total. The lowest BCUT2D eigenvalue weighted by atomic mass is 10.3. The van der Waals surface area contributed by atoms with Crippen molar-refractivity contribution in [1.29, 1.82) is 0 Å². The maximum Gasteiger partial charge on any atom is 0.272 e. The van der Waals surface area contributed by atoms with Crippen molar-refractivity contribution in [3.8, 4) is 0 Å². The molecule has 0 atom stereocenters. The Morgan fingerprint density at radius 1 is 1.07 bits per heavy atom. The molecular formula is C10H7ClN2O2. The van der Waals surface area contributed by atoms with Crippen LogP contribution in [0.1, 0.15) is 0 Å². The van der Waals surface area contributed by atoms with Gasteiger partial charge in [0.1, 0.15) is 0 Å². The lowest BCUT2D eigenvalue weighted by Gasteiger charge is -2.16. The highest BCUT2D eigenvalue weighted by molar-refractivity contribution is 6.33. The molecule has 1 aromatic carbocycles. The molecule has 0 saturated heterocycles. The van der Waals surface area contributed by atoms with Gasteiger partial charge in [0.25, 0.3) is 11.8 Å². The minimum atomic E-state index is -0.403. The fraction of sp³-hybridized carbons (Fsp3) is 0. The van der Waals surface area contributed by atoms with Crippen LogP contribution in [0.4, 0.5) is 5.69 Å². The number of imide groups is 1. The second-order valence-electron chi connectivity index (χ2n) is 2.94. The van der Waals surface area contributed by atoms with Crippen molar-refractivity contribution in [3.05, 3.63) is 41.4 Å². The van der Waals surface area contributed by atoms with Gasteiger partial charge in [-0.3, -0.25) is 15.0 Å². The highest BCUT2D eigenvalue weighted by atomic mass is 35.5. The summed E-state index contributed by atoms with van der Waals surface area (Å²) in [5, 5.41) is 1.35. The van der Waals surface area contributed by atoms with E-state index in [0.29, 0.717) is 10.7 Å². The first-order valence-electron chi connectivity index (χ1n) is 4.26. The van der Waals surface area contributed by atoms with E-state index in [4.69, 9.17) is 11.6 Å². The van der Waals surface area contributed by atoms with Crippen LogP contribution >= 0.6 is 11.6 Å². The number of hydrazine groups is 1. The molecular weight excluding hydrogens is 216 g/mol. The lowest BCUT2D eigenvalue weighted by molar-refractivity contribution is -0.135. The third-order valence-electron chi connectivity index (χ3n) is 1.92. The molecule has 0 fully saturated rings. The van der Waals surface area contributed by atoms with Gasteiger partial charge in [0.05, 0.1) is 10.7 Å². The molecule has 2 amide bonds. The van der Waals surface area contributed by atoms with Crippen LogP contribution in [0.25, 0.3) is 0 Å².